The first-order chi connectivity index (χ1) is 11.6. The van der Waals surface area contributed by atoms with Crippen LogP contribution < -0.4 is 19.5 Å². The molecule has 5 nitrogen and oxygen atoms in total. The molecule has 0 heterocycles. The van der Waals surface area contributed by atoms with E-state index in [1.165, 1.54) is 7.11 Å². The summed E-state index contributed by atoms with van der Waals surface area (Å²) in [5, 5.41) is 3.21. The summed E-state index contributed by atoms with van der Waals surface area (Å²) in [4.78, 5) is 11.9. The molecule has 0 saturated carbocycles. The molecule has 128 valence electrons. The number of anilines is 1. The zero-order valence-electron chi connectivity index (χ0n) is 13.7. The average molecular weight is 350 g/mol. The van der Waals surface area contributed by atoms with E-state index in [0.717, 1.165) is 5.75 Å². The van der Waals surface area contributed by atoms with Gasteiger partial charge in [0.05, 0.1) is 31.8 Å². The first-order valence-corrected chi connectivity index (χ1v) is 7.99. The normalized spacial score (nSPS) is 10.1. The molecule has 0 aliphatic carbocycles. The van der Waals surface area contributed by atoms with Crippen molar-refractivity contribution >= 4 is 23.2 Å². The Morgan fingerprint density at radius 2 is 1.75 bits per heavy atom. The summed E-state index contributed by atoms with van der Waals surface area (Å²) in [7, 11) is 1.54. The molecule has 6 heteroatoms. The Labute approximate surface area is 146 Å². The second-order valence-electron chi connectivity index (χ2n) is 4.90. The Balaban J connectivity index is 1.77. The van der Waals surface area contributed by atoms with Gasteiger partial charge in [-0.15, -0.1) is 0 Å². The lowest BCUT2D eigenvalue weighted by Crippen LogP contribution is -2.15. The van der Waals surface area contributed by atoms with E-state index < -0.39 is 0 Å². The van der Waals surface area contributed by atoms with Crippen molar-refractivity contribution in [3.05, 3.63) is 47.5 Å². The van der Waals surface area contributed by atoms with Crippen molar-refractivity contribution in [3.8, 4) is 17.2 Å². The second kappa shape index (κ2) is 9.03. The van der Waals surface area contributed by atoms with Gasteiger partial charge in [0.15, 0.2) is 0 Å². The van der Waals surface area contributed by atoms with Crippen LogP contribution in [0.25, 0.3) is 0 Å². The molecule has 0 spiro atoms. The Morgan fingerprint density at radius 3 is 2.33 bits per heavy atom. The number of ether oxygens (including phenoxy) is 3. The molecule has 0 aromatic heterocycles. The lowest BCUT2D eigenvalue weighted by atomic mass is 10.3. The van der Waals surface area contributed by atoms with Gasteiger partial charge in [-0.1, -0.05) is 11.6 Å². The first kappa shape index (κ1) is 17.9. The quantitative estimate of drug-likeness (QED) is 0.777. The molecular formula is C18H20ClNO4. The molecular weight excluding hydrogens is 330 g/mol. The second-order valence-corrected chi connectivity index (χ2v) is 5.31. The van der Waals surface area contributed by atoms with Crippen LogP contribution in [0.2, 0.25) is 5.02 Å². The van der Waals surface area contributed by atoms with E-state index in [0.29, 0.717) is 28.8 Å². The predicted molar refractivity (Wildman–Crippen MR) is 94.4 cm³/mol. The number of halogens is 1. The molecule has 1 amide bonds. The Kier molecular flexibility index (Phi) is 6.75. The van der Waals surface area contributed by atoms with Crippen LogP contribution in [-0.4, -0.2) is 26.2 Å². The van der Waals surface area contributed by atoms with Gasteiger partial charge in [-0.2, -0.15) is 0 Å². The van der Waals surface area contributed by atoms with Crippen LogP contribution >= 0.6 is 11.6 Å². The monoisotopic (exact) mass is 349 g/mol. The van der Waals surface area contributed by atoms with Gasteiger partial charge >= 0.3 is 0 Å². The van der Waals surface area contributed by atoms with E-state index in [4.69, 9.17) is 25.8 Å². The summed E-state index contributed by atoms with van der Waals surface area (Å²) in [6.07, 6.45) is 0.233. The van der Waals surface area contributed by atoms with Crippen LogP contribution in [0.4, 0.5) is 5.69 Å². The molecule has 0 aliphatic heterocycles. The number of carbonyl (C=O) groups is 1. The Morgan fingerprint density at radius 1 is 1.08 bits per heavy atom. The summed E-state index contributed by atoms with van der Waals surface area (Å²) >= 11 is 6.02. The summed E-state index contributed by atoms with van der Waals surface area (Å²) in [6, 6.07) is 12.4. The maximum Gasteiger partial charge on any atom is 0.227 e. The Bertz CT molecular complexity index is 673. The predicted octanol–water partition coefficient (Wildman–Crippen LogP) is 4.15. The number of benzene rings is 2. The highest BCUT2D eigenvalue weighted by Gasteiger charge is 2.06. The molecule has 2 aromatic rings. The summed E-state index contributed by atoms with van der Waals surface area (Å²) in [5.41, 5.74) is 0.617. The topological polar surface area (TPSA) is 56.8 Å². The highest BCUT2D eigenvalue weighted by molar-refractivity contribution is 6.32. The van der Waals surface area contributed by atoms with Crippen LogP contribution in [0.5, 0.6) is 17.2 Å². The van der Waals surface area contributed by atoms with Crippen molar-refractivity contribution in [2.45, 2.75) is 13.3 Å². The molecule has 0 atom stereocenters. The Hall–Kier alpha value is -2.40. The fourth-order valence-electron chi connectivity index (χ4n) is 2.03. The zero-order valence-corrected chi connectivity index (χ0v) is 14.4. The lowest BCUT2D eigenvalue weighted by Gasteiger charge is -2.09. The van der Waals surface area contributed by atoms with Crippen molar-refractivity contribution in [2.75, 3.05) is 25.6 Å². The van der Waals surface area contributed by atoms with E-state index in [1.54, 1.807) is 18.2 Å². The van der Waals surface area contributed by atoms with Gasteiger partial charge < -0.3 is 19.5 Å². The maximum absolute atomic E-state index is 11.9. The number of amides is 1. The van der Waals surface area contributed by atoms with Gasteiger partial charge in [-0.05, 0) is 49.4 Å². The van der Waals surface area contributed by atoms with Crippen LogP contribution in [0.15, 0.2) is 42.5 Å². The minimum absolute atomic E-state index is 0.151. The van der Waals surface area contributed by atoms with Crippen LogP contribution in [0.3, 0.4) is 0 Å². The summed E-state index contributed by atoms with van der Waals surface area (Å²) in [5.74, 6) is 1.90. The first-order valence-electron chi connectivity index (χ1n) is 7.61. The van der Waals surface area contributed by atoms with Gasteiger partial charge in [0, 0.05) is 5.69 Å². The third kappa shape index (κ3) is 5.35. The minimum Gasteiger partial charge on any atom is -0.495 e. The third-order valence-electron chi connectivity index (χ3n) is 3.17. The van der Waals surface area contributed by atoms with Crippen LogP contribution in [-0.2, 0) is 4.79 Å². The van der Waals surface area contributed by atoms with Crippen molar-refractivity contribution in [1.82, 2.24) is 0 Å². The fraction of sp³-hybridized carbons (Fsp3) is 0.278. The van der Waals surface area contributed by atoms with Crippen LogP contribution in [0, 0.1) is 0 Å². The fourth-order valence-corrected chi connectivity index (χ4v) is 2.29. The molecule has 0 bridgehead atoms. The van der Waals surface area contributed by atoms with Crippen LogP contribution in [0.1, 0.15) is 13.3 Å². The maximum atomic E-state index is 11.9. The summed E-state index contributed by atoms with van der Waals surface area (Å²) < 4.78 is 16.0. The molecule has 0 fully saturated rings. The smallest absolute Gasteiger partial charge is 0.227 e. The highest BCUT2D eigenvalue weighted by atomic mass is 35.5. The number of nitrogens with one attached hydrogen (secondary N) is 1. The number of hydrogen-bond donors (Lipinski definition) is 1. The zero-order chi connectivity index (χ0) is 17.4. The molecule has 0 saturated heterocycles. The van der Waals surface area contributed by atoms with E-state index in [2.05, 4.69) is 5.32 Å². The molecule has 0 aliphatic rings. The average Bonchev–Trinajstić information content (AvgIpc) is 2.57. The molecule has 0 radical (unpaired) electrons. The van der Waals surface area contributed by atoms with E-state index in [9.17, 15) is 4.79 Å². The number of carbonyl (C=O) groups excluding carboxylic acids is 1. The number of rotatable bonds is 8. The van der Waals surface area contributed by atoms with Gasteiger partial charge in [0.1, 0.15) is 17.2 Å². The highest BCUT2D eigenvalue weighted by Crippen LogP contribution is 2.27. The van der Waals surface area contributed by atoms with Crippen molar-refractivity contribution in [3.63, 3.8) is 0 Å². The van der Waals surface area contributed by atoms with Crippen molar-refractivity contribution in [1.29, 1.82) is 0 Å². The number of methoxy groups -OCH3 is 1. The lowest BCUT2D eigenvalue weighted by molar-refractivity contribution is -0.116. The number of hydrogen-bond acceptors (Lipinski definition) is 4. The third-order valence-corrected chi connectivity index (χ3v) is 3.46. The largest absolute Gasteiger partial charge is 0.495 e. The van der Waals surface area contributed by atoms with Crippen molar-refractivity contribution < 1.29 is 19.0 Å². The molecule has 24 heavy (non-hydrogen) atoms. The minimum atomic E-state index is -0.151. The molecule has 2 rings (SSSR count). The standard InChI is InChI=1S/C18H20ClNO4/c1-3-23-14-5-7-15(8-6-14)24-11-10-18(21)20-13-4-9-17(22-2)16(19)12-13/h4-9,12H,3,10-11H2,1-2H3,(H,20,21). The molecule has 1 N–H and O–H groups in total. The van der Waals surface area contributed by atoms with E-state index in [-0.39, 0.29) is 18.9 Å². The van der Waals surface area contributed by atoms with Gasteiger partial charge in [-0.25, -0.2) is 0 Å². The molecule has 0 unspecified atom stereocenters. The van der Waals surface area contributed by atoms with E-state index >= 15 is 0 Å². The van der Waals surface area contributed by atoms with E-state index in [1.807, 2.05) is 31.2 Å². The van der Waals surface area contributed by atoms with Crippen molar-refractivity contribution in [2.24, 2.45) is 0 Å². The van der Waals surface area contributed by atoms with Gasteiger partial charge in [0.25, 0.3) is 0 Å². The molecule has 2 aromatic carbocycles. The van der Waals surface area contributed by atoms with Gasteiger partial charge in [0.2, 0.25) is 5.91 Å². The SMILES string of the molecule is CCOc1ccc(OCCC(=O)Nc2ccc(OC)c(Cl)c2)cc1. The summed E-state index contributed by atoms with van der Waals surface area (Å²) in [6.45, 7) is 2.83. The van der Waals surface area contributed by atoms with Gasteiger partial charge in [-0.3, -0.25) is 4.79 Å².